The van der Waals surface area contributed by atoms with Gasteiger partial charge in [0.1, 0.15) is 6.04 Å². The molecular formula is C21H33ClN4O5. The average molecular weight is 457 g/mol. The fourth-order valence-corrected chi connectivity index (χ4v) is 4.01. The molecule has 0 radical (unpaired) electrons. The Morgan fingerprint density at radius 1 is 1.19 bits per heavy atom. The molecule has 1 unspecified atom stereocenters. The topological polar surface area (TPSA) is 128 Å². The third kappa shape index (κ3) is 9.15. The molecule has 2 fully saturated rings. The molecule has 2 aliphatic heterocycles. The number of hydrogen-bond acceptors (Lipinski definition) is 5. The van der Waals surface area contributed by atoms with Crippen molar-refractivity contribution in [2.24, 2.45) is 11.8 Å². The number of nitrogens with one attached hydrogen (secondary N) is 3. The molecule has 0 spiro atoms. The minimum absolute atomic E-state index is 0. The number of halogens is 1. The molecule has 174 valence electrons. The van der Waals surface area contributed by atoms with E-state index in [-0.39, 0.29) is 24.9 Å². The number of piperidine rings is 2. The van der Waals surface area contributed by atoms with Crippen LogP contribution in [-0.4, -0.2) is 72.5 Å². The van der Waals surface area contributed by atoms with Crippen molar-refractivity contribution in [3.8, 4) is 12.3 Å². The van der Waals surface area contributed by atoms with Crippen LogP contribution in [0.15, 0.2) is 0 Å². The lowest BCUT2D eigenvalue weighted by Crippen LogP contribution is -2.52. The van der Waals surface area contributed by atoms with Crippen molar-refractivity contribution >= 4 is 36.1 Å². The summed E-state index contributed by atoms with van der Waals surface area (Å²) in [6.45, 7) is 2.86. The van der Waals surface area contributed by atoms with Crippen LogP contribution in [0.25, 0.3) is 0 Å². The van der Waals surface area contributed by atoms with E-state index >= 15 is 0 Å². The molecule has 9 nitrogen and oxygen atoms in total. The van der Waals surface area contributed by atoms with Gasteiger partial charge in [0.05, 0.1) is 18.9 Å². The first kappa shape index (κ1) is 26.7. The first-order chi connectivity index (χ1) is 14.4. The number of rotatable bonds is 9. The number of aliphatic carboxylic acids is 1. The van der Waals surface area contributed by atoms with Gasteiger partial charge in [-0.05, 0) is 51.1 Å². The molecule has 0 saturated carbocycles. The SMILES string of the molecule is C#CCNC(=O)C(CC(=O)O)NC(=O)[C@@H]1CCCN(C(=O)CCC2CCNCC2)C1.Cl. The number of carbonyl (C=O) groups is 4. The minimum atomic E-state index is -1.20. The van der Waals surface area contributed by atoms with Crippen LogP contribution in [0.1, 0.15) is 44.9 Å². The van der Waals surface area contributed by atoms with E-state index in [4.69, 9.17) is 11.5 Å². The van der Waals surface area contributed by atoms with Crippen LogP contribution >= 0.6 is 12.4 Å². The largest absolute Gasteiger partial charge is 0.481 e. The Kier molecular flexibility index (Phi) is 12.0. The smallest absolute Gasteiger partial charge is 0.305 e. The minimum Gasteiger partial charge on any atom is -0.481 e. The first-order valence-electron chi connectivity index (χ1n) is 10.6. The van der Waals surface area contributed by atoms with Crippen LogP contribution in [0.4, 0.5) is 0 Å². The van der Waals surface area contributed by atoms with E-state index in [0.717, 1.165) is 32.4 Å². The van der Waals surface area contributed by atoms with Gasteiger partial charge < -0.3 is 26.0 Å². The summed E-state index contributed by atoms with van der Waals surface area (Å²) in [5.74, 6) is 0.161. The van der Waals surface area contributed by atoms with Gasteiger partial charge in [0, 0.05) is 19.5 Å². The van der Waals surface area contributed by atoms with E-state index in [1.165, 1.54) is 0 Å². The van der Waals surface area contributed by atoms with Gasteiger partial charge in [-0.3, -0.25) is 19.2 Å². The summed E-state index contributed by atoms with van der Waals surface area (Å²) in [4.78, 5) is 50.2. The van der Waals surface area contributed by atoms with Crippen LogP contribution in [0.2, 0.25) is 0 Å². The molecule has 0 aliphatic carbocycles. The van der Waals surface area contributed by atoms with Crippen molar-refractivity contribution in [2.75, 3.05) is 32.7 Å². The monoisotopic (exact) mass is 456 g/mol. The van der Waals surface area contributed by atoms with Gasteiger partial charge in [-0.25, -0.2) is 0 Å². The normalized spacial score (nSPS) is 20.0. The van der Waals surface area contributed by atoms with Crippen LogP contribution in [0.3, 0.4) is 0 Å². The molecule has 2 aliphatic rings. The van der Waals surface area contributed by atoms with Crippen LogP contribution in [-0.2, 0) is 19.2 Å². The lowest BCUT2D eigenvalue weighted by Gasteiger charge is -2.33. The summed E-state index contributed by atoms with van der Waals surface area (Å²) in [5.41, 5.74) is 0. The fourth-order valence-electron chi connectivity index (χ4n) is 4.01. The maximum Gasteiger partial charge on any atom is 0.305 e. The Balaban J connectivity index is 0.00000480. The highest BCUT2D eigenvalue weighted by atomic mass is 35.5. The molecule has 10 heteroatoms. The number of nitrogens with zero attached hydrogens (tertiary/aromatic N) is 1. The van der Waals surface area contributed by atoms with E-state index in [9.17, 15) is 19.2 Å². The highest BCUT2D eigenvalue weighted by molar-refractivity contribution is 5.91. The average Bonchev–Trinajstić information content (AvgIpc) is 2.75. The zero-order valence-electron chi connectivity index (χ0n) is 17.7. The predicted octanol–water partition coefficient (Wildman–Crippen LogP) is 0.136. The molecule has 2 heterocycles. The molecule has 2 atom stereocenters. The van der Waals surface area contributed by atoms with E-state index in [2.05, 4.69) is 21.9 Å². The number of carboxylic acid groups (broad SMARTS) is 1. The van der Waals surface area contributed by atoms with Crippen molar-refractivity contribution in [3.63, 3.8) is 0 Å². The number of terminal acetylenes is 1. The van der Waals surface area contributed by atoms with Gasteiger partial charge in [-0.15, -0.1) is 18.8 Å². The summed E-state index contributed by atoms with van der Waals surface area (Å²) in [6.07, 6.45) is 9.38. The Labute approximate surface area is 189 Å². The third-order valence-corrected chi connectivity index (χ3v) is 5.75. The van der Waals surface area contributed by atoms with Crippen molar-refractivity contribution in [3.05, 3.63) is 0 Å². The van der Waals surface area contributed by atoms with E-state index in [1.807, 2.05) is 0 Å². The number of hydrogen-bond donors (Lipinski definition) is 4. The lowest BCUT2D eigenvalue weighted by atomic mass is 9.92. The number of amides is 3. The number of carboxylic acids is 1. The number of carbonyl (C=O) groups excluding carboxylic acids is 3. The van der Waals surface area contributed by atoms with Gasteiger partial charge in [-0.2, -0.15) is 0 Å². The van der Waals surface area contributed by atoms with Crippen molar-refractivity contribution in [2.45, 2.75) is 51.0 Å². The maximum atomic E-state index is 12.7. The number of likely N-dealkylation sites (tertiary alicyclic amines) is 1. The zero-order chi connectivity index (χ0) is 21.9. The highest BCUT2D eigenvalue weighted by Crippen LogP contribution is 2.21. The molecule has 4 N–H and O–H groups in total. The molecule has 31 heavy (non-hydrogen) atoms. The Hall–Kier alpha value is -2.31. The highest BCUT2D eigenvalue weighted by Gasteiger charge is 2.32. The van der Waals surface area contributed by atoms with Gasteiger partial charge in [0.25, 0.3) is 0 Å². The van der Waals surface area contributed by atoms with E-state index in [0.29, 0.717) is 38.3 Å². The summed E-state index contributed by atoms with van der Waals surface area (Å²) in [5, 5.41) is 17.3. The zero-order valence-corrected chi connectivity index (χ0v) is 18.5. The summed E-state index contributed by atoms with van der Waals surface area (Å²) in [7, 11) is 0. The maximum absolute atomic E-state index is 12.7. The molecule has 0 aromatic carbocycles. The second-order valence-electron chi connectivity index (χ2n) is 7.99. The van der Waals surface area contributed by atoms with Crippen LogP contribution in [0, 0.1) is 24.2 Å². The Bertz CT molecular complexity index is 675. The molecule has 0 bridgehead atoms. The van der Waals surface area contributed by atoms with Gasteiger partial charge >= 0.3 is 5.97 Å². The quantitative estimate of drug-likeness (QED) is 0.365. The third-order valence-electron chi connectivity index (χ3n) is 5.75. The summed E-state index contributed by atoms with van der Waals surface area (Å²) in [6, 6.07) is -1.20. The fraction of sp³-hybridized carbons (Fsp3) is 0.714. The molecule has 2 saturated heterocycles. The van der Waals surface area contributed by atoms with Crippen molar-refractivity contribution < 1.29 is 24.3 Å². The molecular weight excluding hydrogens is 424 g/mol. The predicted molar refractivity (Wildman–Crippen MR) is 117 cm³/mol. The first-order valence-corrected chi connectivity index (χ1v) is 10.6. The Morgan fingerprint density at radius 2 is 1.90 bits per heavy atom. The van der Waals surface area contributed by atoms with Gasteiger partial charge in [0.15, 0.2) is 0 Å². The molecule has 0 aromatic rings. The van der Waals surface area contributed by atoms with Crippen molar-refractivity contribution in [1.29, 1.82) is 0 Å². The molecule has 0 aromatic heterocycles. The molecule has 3 amide bonds. The second kappa shape index (κ2) is 13.9. The van der Waals surface area contributed by atoms with Crippen LogP contribution in [0.5, 0.6) is 0 Å². The second-order valence-corrected chi connectivity index (χ2v) is 7.99. The lowest BCUT2D eigenvalue weighted by molar-refractivity contribution is -0.141. The van der Waals surface area contributed by atoms with E-state index < -0.39 is 36.2 Å². The van der Waals surface area contributed by atoms with Gasteiger partial charge in [0.2, 0.25) is 17.7 Å². The van der Waals surface area contributed by atoms with Crippen molar-refractivity contribution in [1.82, 2.24) is 20.9 Å². The summed E-state index contributed by atoms with van der Waals surface area (Å²) < 4.78 is 0. The van der Waals surface area contributed by atoms with Gasteiger partial charge in [-0.1, -0.05) is 5.92 Å². The summed E-state index contributed by atoms with van der Waals surface area (Å²) >= 11 is 0. The standard InChI is InChI=1S/C21H32N4O5.ClH/c1-2-9-23-21(30)17(13-19(27)28)24-20(29)16-4-3-12-25(14-16)18(26)6-5-15-7-10-22-11-8-15;/h1,15-17,22H,3-14H2,(H,23,30)(H,24,29)(H,27,28);1H/t16-,17?;/m1./s1. The van der Waals surface area contributed by atoms with Crippen LogP contribution < -0.4 is 16.0 Å². The molecule has 2 rings (SSSR count). The van der Waals surface area contributed by atoms with E-state index in [1.54, 1.807) is 4.90 Å². The Morgan fingerprint density at radius 3 is 2.55 bits per heavy atom.